The van der Waals surface area contributed by atoms with E-state index >= 15 is 0 Å². The SMILES string of the molecule is CC(C)c1nn(-c2ccc3ccccc3n2)c(-c2ccc(F)cc2)c1Br. The number of fused-ring (bicyclic) bond motifs is 1. The first-order chi connectivity index (χ1) is 12.5. The zero-order chi connectivity index (χ0) is 18.3. The topological polar surface area (TPSA) is 30.7 Å². The highest BCUT2D eigenvalue weighted by Gasteiger charge is 2.21. The molecule has 2 heterocycles. The molecule has 0 radical (unpaired) electrons. The third-order valence-electron chi connectivity index (χ3n) is 4.32. The molecule has 4 rings (SSSR count). The Morgan fingerprint density at radius 2 is 1.69 bits per heavy atom. The van der Waals surface area contributed by atoms with Gasteiger partial charge in [-0.15, -0.1) is 0 Å². The van der Waals surface area contributed by atoms with Crippen LogP contribution in [0.25, 0.3) is 28.0 Å². The minimum absolute atomic E-state index is 0.241. The number of hydrogen-bond acceptors (Lipinski definition) is 2. The maximum atomic E-state index is 13.4. The van der Waals surface area contributed by atoms with Crippen molar-refractivity contribution in [2.45, 2.75) is 19.8 Å². The highest BCUT2D eigenvalue weighted by Crippen LogP contribution is 2.36. The summed E-state index contributed by atoms with van der Waals surface area (Å²) in [6.45, 7) is 4.19. The first-order valence-electron chi connectivity index (χ1n) is 8.45. The van der Waals surface area contributed by atoms with E-state index in [-0.39, 0.29) is 11.7 Å². The van der Waals surface area contributed by atoms with Crippen LogP contribution in [-0.2, 0) is 0 Å². The van der Waals surface area contributed by atoms with E-state index in [0.717, 1.165) is 38.1 Å². The van der Waals surface area contributed by atoms with Crippen LogP contribution in [0.15, 0.2) is 65.1 Å². The summed E-state index contributed by atoms with van der Waals surface area (Å²) in [7, 11) is 0. The number of aromatic nitrogens is 3. The molecule has 0 saturated carbocycles. The van der Waals surface area contributed by atoms with Gasteiger partial charge in [-0.1, -0.05) is 32.0 Å². The lowest BCUT2D eigenvalue weighted by Gasteiger charge is -2.08. The molecule has 4 aromatic rings. The highest BCUT2D eigenvalue weighted by molar-refractivity contribution is 9.10. The lowest BCUT2D eigenvalue weighted by molar-refractivity contribution is 0.628. The number of benzene rings is 2. The monoisotopic (exact) mass is 409 g/mol. The molecule has 0 atom stereocenters. The summed E-state index contributed by atoms with van der Waals surface area (Å²) in [6, 6.07) is 18.4. The summed E-state index contributed by atoms with van der Waals surface area (Å²) in [6.07, 6.45) is 0. The largest absolute Gasteiger partial charge is 0.229 e. The number of pyridine rings is 1. The molecule has 26 heavy (non-hydrogen) atoms. The molecule has 2 aromatic carbocycles. The average molecular weight is 410 g/mol. The van der Waals surface area contributed by atoms with Gasteiger partial charge in [-0.25, -0.2) is 14.1 Å². The molecule has 0 aliphatic carbocycles. The molecule has 0 fully saturated rings. The molecule has 0 saturated heterocycles. The molecule has 3 nitrogen and oxygen atoms in total. The maximum absolute atomic E-state index is 13.4. The number of hydrogen-bond donors (Lipinski definition) is 0. The van der Waals surface area contributed by atoms with Crippen molar-refractivity contribution in [1.29, 1.82) is 0 Å². The molecule has 130 valence electrons. The van der Waals surface area contributed by atoms with Crippen LogP contribution in [0.5, 0.6) is 0 Å². The van der Waals surface area contributed by atoms with E-state index in [0.29, 0.717) is 0 Å². The summed E-state index contributed by atoms with van der Waals surface area (Å²) < 4.78 is 16.1. The van der Waals surface area contributed by atoms with Crippen LogP contribution in [-0.4, -0.2) is 14.8 Å². The molecule has 0 aliphatic rings. The van der Waals surface area contributed by atoms with E-state index in [9.17, 15) is 4.39 Å². The maximum Gasteiger partial charge on any atom is 0.154 e. The quantitative estimate of drug-likeness (QED) is 0.408. The smallest absolute Gasteiger partial charge is 0.154 e. The van der Waals surface area contributed by atoms with Gasteiger partial charge in [0.2, 0.25) is 0 Å². The number of nitrogens with zero attached hydrogens (tertiary/aromatic N) is 3. The van der Waals surface area contributed by atoms with Crippen LogP contribution in [0.4, 0.5) is 4.39 Å². The minimum atomic E-state index is -0.260. The van der Waals surface area contributed by atoms with Gasteiger partial charge < -0.3 is 0 Å². The summed E-state index contributed by atoms with van der Waals surface area (Å²) >= 11 is 3.70. The Balaban J connectivity index is 1.96. The molecule has 0 aliphatic heterocycles. The fourth-order valence-electron chi connectivity index (χ4n) is 2.98. The second-order valence-electron chi connectivity index (χ2n) is 6.48. The number of rotatable bonds is 3. The zero-order valence-electron chi connectivity index (χ0n) is 14.4. The standard InChI is InChI=1S/C21H17BrFN3/c1-13(2)20-19(22)21(15-7-10-16(23)11-8-15)26(25-20)18-12-9-14-5-3-4-6-17(14)24-18/h3-13H,1-2H3. The van der Waals surface area contributed by atoms with Crippen LogP contribution < -0.4 is 0 Å². The van der Waals surface area contributed by atoms with Gasteiger partial charge in [0.05, 0.1) is 21.4 Å². The Morgan fingerprint density at radius 1 is 0.962 bits per heavy atom. The summed E-state index contributed by atoms with van der Waals surface area (Å²) in [4.78, 5) is 4.77. The van der Waals surface area contributed by atoms with Gasteiger partial charge in [0.1, 0.15) is 5.82 Å². The molecular formula is C21H17BrFN3. The average Bonchev–Trinajstić information content (AvgIpc) is 2.99. The first kappa shape index (κ1) is 16.9. The number of halogens is 2. The Morgan fingerprint density at radius 3 is 2.42 bits per heavy atom. The van der Waals surface area contributed by atoms with Crippen molar-refractivity contribution in [2.75, 3.05) is 0 Å². The molecule has 2 aromatic heterocycles. The Labute approximate surface area is 159 Å². The predicted molar refractivity (Wildman–Crippen MR) is 106 cm³/mol. The molecule has 0 unspecified atom stereocenters. The van der Waals surface area contributed by atoms with Crippen LogP contribution >= 0.6 is 15.9 Å². The summed E-state index contributed by atoms with van der Waals surface area (Å²) in [5, 5.41) is 5.88. The third-order valence-corrected chi connectivity index (χ3v) is 5.10. The Kier molecular flexibility index (Phi) is 4.32. The van der Waals surface area contributed by atoms with Crippen molar-refractivity contribution in [3.05, 3.63) is 76.6 Å². The molecule has 0 amide bonds. The first-order valence-corrected chi connectivity index (χ1v) is 9.24. The second kappa shape index (κ2) is 6.65. The van der Waals surface area contributed by atoms with Crippen LogP contribution in [0.1, 0.15) is 25.5 Å². The van der Waals surface area contributed by atoms with Crippen molar-refractivity contribution in [2.24, 2.45) is 0 Å². The Hall–Kier alpha value is -2.53. The minimum Gasteiger partial charge on any atom is -0.229 e. The molecule has 0 bridgehead atoms. The normalized spacial score (nSPS) is 11.4. The van der Waals surface area contributed by atoms with Crippen molar-refractivity contribution in [1.82, 2.24) is 14.8 Å². The van der Waals surface area contributed by atoms with E-state index in [2.05, 4.69) is 29.8 Å². The Bertz CT molecular complexity index is 1080. The lowest BCUT2D eigenvalue weighted by Crippen LogP contribution is -2.03. The van der Waals surface area contributed by atoms with Gasteiger partial charge in [-0.3, -0.25) is 0 Å². The van der Waals surface area contributed by atoms with Crippen LogP contribution in [0, 0.1) is 5.82 Å². The van der Waals surface area contributed by atoms with Crippen LogP contribution in [0.3, 0.4) is 0 Å². The van der Waals surface area contributed by atoms with E-state index < -0.39 is 0 Å². The molecule has 0 spiro atoms. The number of para-hydroxylation sites is 1. The fraction of sp³-hybridized carbons (Fsp3) is 0.143. The van der Waals surface area contributed by atoms with E-state index in [1.807, 2.05) is 41.1 Å². The van der Waals surface area contributed by atoms with Gasteiger partial charge >= 0.3 is 0 Å². The van der Waals surface area contributed by atoms with E-state index in [1.165, 1.54) is 12.1 Å². The fourth-order valence-corrected chi connectivity index (χ4v) is 3.91. The van der Waals surface area contributed by atoms with E-state index in [1.54, 1.807) is 12.1 Å². The van der Waals surface area contributed by atoms with E-state index in [4.69, 9.17) is 10.1 Å². The third kappa shape index (κ3) is 2.92. The summed E-state index contributed by atoms with van der Waals surface area (Å²) in [5.41, 5.74) is 3.61. The van der Waals surface area contributed by atoms with Crippen molar-refractivity contribution >= 4 is 26.8 Å². The van der Waals surface area contributed by atoms with Gasteiger partial charge in [0.15, 0.2) is 5.82 Å². The lowest BCUT2D eigenvalue weighted by atomic mass is 10.1. The summed E-state index contributed by atoms with van der Waals surface area (Å²) in [5.74, 6) is 0.713. The van der Waals surface area contributed by atoms with Crippen LogP contribution in [0.2, 0.25) is 0 Å². The predicted octanol–water partition coefficient (Wildman–Crippen LogP) is 6.11. The van der Waals surface area contributed by atoms with Gasteiger partial charge in [0.25, 0.3) is 0 Å². The van der Waals surface area contributed by atoms with Crippen molar-refractivity contribution in [3.8, 4) is 17.1 Å². The van der Waals surface area contributed by atoms with Gasteiger partial charge in [-0.2, -0.15) is 5.10 Å². The molecule has 5 heteroatoms. The van der Waals surface area contributed by atoms with Gasteiger partial charge in [-0.05, 0) is 64.3 Å². The van der Waals surface area contributed by atoms with Crippen molar-refractivity contribution in [3.63, 3.8) is 0 Å². The van der Waals surface area contributed by atoms with Gasteiger partial charge in [0, 0.05) is 10.9 Å². The van der Waals surface area contributed by atoms with Crippen molar-refractivity contribution < 1.29 is 4.39 Å². The highest BCUT2D eigenvalue weighted by atomic mass is 79.9. The zero-order valence-corrected chi connectivity index (χ0v) is 16.0. The molecular weight excluding hydrogens is 393 g/mol. The second-order valence-corrected chi connectivity index (χ2v) is 7.28. The molecule has 0 N–H and O–H groups in total.